The number of hydrogen-bond acceptors (Lipinski definition) is 1. The molecule has 13 heavy (non-hydrogen) atoms. The van der Waals surface area contributed by atoms with Crippen molar-refractivity contribution < 1.29 is 5.11 Å². The third-order valence-corrected chi connectivity index (χ3v) is 3.11. The first-order valence-electron chi connectivity index (χ1n) is 5.33. The second-order valence-corrected chi connectivity index (χ2v) is 9.85. The van der Waals surface area contributed by atoms with Gasteiger partial charge in [0, 0.05) is 0 Å². The molecule has 1 atom stereocenters. The van der Waals surface area contributed by atoms with Gasteiger partial charge in [-0.1, -0.05) is 57.6 Å². The van der Waals surface area contributed by atoms with E-state index >= 15 is 0 Å². The molecule has 0 aromatic heterocycles. The van der Waals surface area contributed by atoms with E-state index in [-0.39, 0.29) is 6.10 Å². The molecule has 1 unspecified atom stereocenters. The second-order valence-electron chi connectivity index (χ2n) is 4.79. The van der Waals surface area contributed by atoms with Crippen LogP contribution >= 0.6 is 0 Å². The highest BCUT2D eigenvalue weighted by atomic mass is 28.3. The zero-order valence-corrected chi connectivity index (χ0v) is 10.5. The highest BCUT2D eigenvalue weighted by Crippen LogP contribution is 2.07. The molecule has 0 spiro atoms. The molecule has 0 radical (unpaired) electrons. The minimum absolute atomic E-state index is 0.210. The van der Waals surface area contributed by atoms with E-state index in [1.54, 1.807) is 0 Å². The van der Waals surface area contributed by atoms with Crippen LogP contribution < -0.4 is 0 Å². The highest BCUT2D eigenvalue weighted by Gasteiger charge is 2.08. The van der Waals surface area contributed by atoms with Crippen LogP contribution in [0.1, 0.15) is 32.6 Å². The first-order valence-corrected chi connectivity index (χ1v) is 8.91. The van der Waals surface area contributed by atoms with Crippen molar-refractivity contribution in [2.75, 3.05) is 0 Å². The Hall–Kier alpha value is -0.0831. The molecule has 0 rings (SSSR count). The van der Waals surface area contributed by atoms with Crippen LogP contribution in [0.2, 0.25) is 19.6 Å². The normalized spacial score (nSPS) is 15.2. The maximum absolute atomic E-state index is 9.57. The number of aliphatic hydroxyl groups excluding tert-OH is 1. The van der Waals surface area contributed by atoms with Crippen molar-refractivity contribution in [1.29, 1.82) is 0 Å². The van der Waals surface area contributed by atoms with Crippen LogP contribution in [0.3, 0.4) is 0 Å². The van der Waals surface area contributed by atoms with E-state index in [0.717, 1.165) is 12.8 Å². The molecule has 0 aromatic carbocycles. The standard InChI is InChI=1S/C11H24OSi/c1-5-6-7-8-11(12)9-10-13(2,3)4/h9-12H,5-8H2,1-4H3/b10-9-. The molecule has 0 fully saturated rings. The predicted molar refractivity (Wildman–Crippen MR) is 62.6 cm³/mol. The monoisotopic (exact) mass is 200 g/mol. The van der Waals surface area contributed by atoms with Crippen molar-refractivity contribution in [3.63, 3.8) is 0 Å². The Labute approximate surface area is 83.9 Å². The van der Waals surface area contributed by atoms with Gasteiger partial charge in [-0.25, -0.2) is 0 Å². The maximum Gasteiger partial charge on any atom is 0.0717 e. The number of unbranched alkanes of at least 4 members (excludes halogenated alkanes) is 2. The van der Waals surface area contributed by atoms with Gasteiger partial charge in [-0.15, -0.1) is 0 Å². The van der Waals surface area contributed by atoms with E-state index in [4.69, 9.17) is 0 Å². The molecule has 0 aliphatic heterocycles. The van der Waals surface area contributed by atoms with Crippen LogP contribution in [0.15, 0.2) is 11.8 Å². The predicted octanol–water partition coefficient (Wildman–Crippen LogP) is 3.36. The average Bonchev–Trinajstić information content (AvgIpc) is 2.00. The molecule has 0 saturated heterocycles. The summed E-state index contributed by atoms with van der Waals surface area (Å²) in [7, 11) is -1.11. The lowest BCUT2D eigenvalue weighted by Gasteiger charge is -2.10. The summed E-state index contributed by atoms with van der Waals surface area (Å²) in [4.78, 5) is 0. The van der Waals surface area contributed by atoms with Crippen LogP contribution in [0.4, 0.5) is 0 Å². The minimum Gasteiger partial charge on any atom is -0.389 e. The Kier molecular flexibility index (Phi) is 6.34. The molecule has 78 valence electrons. The van der Waals surface area contributed by atoms with Gasteiger partial charge in [-0.3, -0.25) is 0 Å². The Morgan fingerprint density at radius 2 is 1.85 bits per heavy atom. The SMILES string of the molecule is CCCCCC(O)/C=C\[Si](C)(C)C. The van der Waals surface area contributed by atoms with Crippen molar-refractivity contribution >= 4 is 8.07 Å². The van der Waals surface area contributed by atoms with E-state index in [1.165, 1.54) is 12.8 Å². The molecule has 0 bridgehead atoms. The van der Waals surface area contributed by atoms with Gasteiger partial charge in [0.05, 0.1) is 14.2 Å². The minimum atomic E-state index is -1.11. The molecule has 2 heteroatoms. The Morgan fingerprint density at radius 1 is 1.23 bits per heavy atom. The molecule has 0 amide bonds. The van der Waals surface area contributed by atoms with Crippen LogP contribution in [-0.2, 0) is 0 Å². The summed E-state index contributed by atoms with van der Waals surface area (Å²) in [5.74, 6) is 0. The largest absolute Gasteiger partial charge is 0.389 e. The van der Waals surface area contributed by atoms with Crippen molar-refractivity contribution in [2.45, 2.75) is 58.4 Å². The van der Waals surface area contributed by atoms with Crippen LogP contribution in [0, 0.1) is 0 Å². The van der Waals surface area contributed by atoms with E-state index in [2.05, 4.69) is 32.3 Å². The van der Waals surface area contributed by atoms with Crippen molar-refractivity contribution in [2.24, 2.45) is 0 Å². The quantitative estimate of drug-likeness (QED) is 0.515. The number of aliphatic hydroxyl groups is 1. The summed E-state index contributed by atoms with van der Waals surface area (Å²) in [6.45, 7) is 9.02. The summed E-state index contributed by atoms with van der Waals surface area (Å²) < 4.78 is 0. The van der Waals surface area contributed by atoms with Gasteiger partial charge >= 0.3 is 0 Å². The fraction of sp³-hybridized carbons (Fsp3) is 0.818. The van der Waals surface area contributed by atoms with Gasteiger partial charge in [-0.2, -0.15) is 0 Å². The van der Waals surface area contributed by atoms with Crippen LogP contribution in [0.25, 0.3) is 0 Å². The fourth-order valence-electron chi connectivity index (χ4n) is 1.10. The van der Waals surface area contributed by atoms with E-state index < -0.39 is 8.07 Å². The summed E-state index contributed by atoms with van der Waals surface area (Å²) in [6.07, 6.45) is 6.31. The zero-order valence-electron chi connectivity index (χ0n) is 9.51. The van der Waals surface area contributed by atoms with Crippen LogP contribution in [0.5, 0.6) is 0 Å². The molecule has 1 N–H and O–H groups in total. The molecular weight excluding hydrogens is 176 g/mol. The van der Waals surface area contributed by atoms with Gasteiger partial charge in [0.25, 0.3) is 0 Å². The van der Waals surface area contributed by atoms with Crippen molar-refractivity contribution in [3.05, 3.63) is 11.8 Å². The average molecular weight is 200 g/mol. The van der Waals surface area contributed by atoms with Gasteiger partial charge in [-0.05, 0) is 6.42 Å². The Bertz CT molecular complexity index is 147. The summed E-state index contributed by atoms with van der Waals surface area (Å²) in [5, 5.41) is 9.57. The molecule has 0 saturated carbocycles. The van der Waals surface area contributed by atoms with E-state index in [0.29, 0.717) is 0 Å². The Morgan fingerprint density at radius 3 is 2.31 bits per heavy atom. The van der Waals surface area contributed by atoms with Gasteiger partial charge < -0.3 is 5.11 Å². The third-order valence-electron chi connectivity index (χ3n) is 1.92. The molecule has 0 heterocycles. The highest BCUT2D eigenvalue weighted by molar-refractivity contribution is 6.80. The lowest BCUT2D eigenvalue weighted by molar-refractivity contribution is 0.208. The lowest BCUT2D eigenvalue weighted by atomic mass is 10.1. The molecule has 0 aliphatic rings. The van der Waals surface area contributed by atoms with Gasteiger partial charge in [0.1, 0.15) is 0 Å². The van der Waals surface area contributed by atoms with E-state index in [9.17, 15) is 5.11 Å². The summed E-state index contributed by atoms with van der Waals surface area (Å²) in [6, 6.07) is 0. The molecule has 0 aromatic rings. The zero-order chi connectivity index (χ0) is 10.3. The Balaban J connectivity index is 3.61. The lowest BCUT2D eigenvalue weighted by Crippen LogP contribution is -2.17. The smallest absolute Gasteiger partial charge is 0.0717 e. The summed E-state index contributed by atoms with van der Waals surface area (Å²) in [5.41, 5.74) is 2.23. The van der Waals surface area contributed by atoms with Gasteiger partial charge in [0.15, 0.2) is 0 Å². The van der Waals surface area contributed by atoms with Crippen LogP contribution in [-0.4, -0.2) is 19.3 Å². The number of hydrogen-bond donors (Lipinski definition) is 1. The topological polar surface area (TPSA) is 20.2 Å². The maximum atomic E-state index is 9.57. The van der Waals surface area contributed by atoms with Gasteiger partial charge in [0.2, 0.25) is 0 Å². The molecule has 1 nitrogen and oxygen atoms in total. The first kappa shape index (κ1) is 12.9. The fourth-order valence-corrected chi connectivity index (χ4v) is 1.90. The summed E-state index contributed by atoms with van der Waals surface area (Å²) >= 11 is 0. The number of rotatable bonds is 6. The first-order chi connectivity index (χ1) is 5.95. The second kappa shape index (κ2) is 6.38. The third kappa shape index (κ3) is 9.83. The van der Waals surface area contributed by atoms with E-state index in [1.807, 2.05) is 6.08 Å². The molecule has 0 aliphatic carbocycles. The van der Waals surface area contributed by atoms with Crippen molar-refractivity contribution in [3.8, 4) is 0 Å². The van der Waals surface area contributed by atoms with Crippen molar-refractivity contribution in [1.82, 2.24) is 0 Å². The molecular formula is C11H24OSi.